The number of nitrogens with one attached hydrogen (secondary N) is 2. The third-order valence-electron chi connectivity index (χ3n) is 3.92. The van der Waals surface area contributed by atoms with Crippen LogP contribution in [0.2, 0.25) is 0 Å². The lowest BCUT2D eigenvalue weighted by Crippen LogP contribution is -2.23. The van der Waals surface area contributed by atoms with Crippen molar-refractivity contribution in [2.75, 3.05) is 5.32 Å². The number of nitrogens with zero attached hydrogens (tertiary/aromatic N) is 1. The molecule has 2 aromatic heterocycles. The van der Waals surface area contributed by atoms with Crippen LogP contribution in [0.3, 0.4) is 0 Å². The van der Waals surface area contributed by atoms with Crippen LogP contribution in [0.5, 0.6) is 5.75 Å². The first kappa shape index (κ1) is 16.0. The van der Waals surface area contributed by atoms with Gasteiger partial charge in [0.05, 0.1) is 11.2 Å². The molecule has 0 aliphatic rings. The highest BCUT2D eigenvalue weighted by Gasteiger charge is 2.20. The van der Waals surface area contributed by atoms with Gasteiger partial charge in [-0.25, -0.2) is 4.98 Å². The zero-order valence-electron chi connectivity index (χ0n) is 13.4. The zero-order chi connectivity index (χ0) is 18.1. The molecule has 2 aromatic carbocycles. The minimum Gasteiger partial charge on any atom is -0.506 e. The first-order valence-corrected chi connectivity index (χ1v) is 8.68. The van der Waals surface area contributed by atoms with E-state index in [-0.39, 0.29) is 11.3 Å². The van der Waals surface area contributed by atoms with Crippen molar-refractivity contribution in [2.24, 2.45) is 0 Å². The standard InChI is InChI=1S/C19H13N3O3S/c23-16-12-8-4-5-9-13(12)20-17(24)15(16)18(25)22-19-21-14(10-26-19)11-6-2-1-3-7-11/h1-10H,(H2,20,23,24)(H,21,22,25). The fourth-order valence-corrected chi connectivity index (χ4v) is 3.38. The average molecular weight is 363 g/mol. The molecule has 0 bridgehead atoms. The molecule has 0 atom stereocenters. The van der Waals surface area contributed by atoms with E-state index in [1.807, 2.05) is 35.7 Å². The second kappa shape index (κ2) is 6.45. The maximum Gasteiger partial charge on any atom is 0.266 e. The molecule has 6 nitrogen and oxygen atoms in total. The highest BCUT2D eigenvalue weighted by molar-refractivity contribution is 7.14. The van der Waals surface area contributed by atoms with E-state index in [4.69, 9.17) is 0 Å². The largest absolute Gasteiger partial charge is 0.506 e. The summed E-state index contributed by atoms with van der Waals surface area (Å²) in [6.07, 6.45) is 0. The van der Waals surface area contributed by atoms with E-state index >= 15 is 0 Å². The minimum atomic E-state index is -0.705. The molecule has 128 valence electrons. The SMILES string of the molecule is O=C(Nc1nc(-c2ccccc2)cs1)c1c(O)c2ccccc2[nH]c1=O. The number of aromatic nitrogens is 2. The number of aromatic amines is 1. The van der Waals surface area contributed by atoms with Gasteiger partial charge in [-0.05, 0) is 12.1 Å². The van der Waals surface area contributed by atoms with Gasteiger partial charge in [-0.3, -0.25) is 14.9 Å². The summed E-state index contributed by atoms with van der Waals surface area (Å²) in [6.45, 7) is 0. The highest BCUT2D eigenvalue weighted by atomic mass is 32.1. The number of anilines is 1. The number of rotatable bonds is 3. The van der Waals surface area contributed by atoms with Crippen LogP contribution in [0.4, 0.5) is 5.13 Å². The van der Waals surface area contributed by atoms with Crippen LogP contribution >= 0.6 is 11.3 Å². The lowest BCUT2D eigenvalue weighted by Gasteiger charge is -2.06. The van der Waals surface area contributed by atoms with E-state index in [9.17, 15) is 14.7 Å². The smallest absolute Gasteiger partial charge is 0.266 e. The van der Waals surface area contributed by atoms with Gasteiger partial charge >= 0.3 is 0 Å². The summed E-state index contributed by atoms with van der Waals surface area (Å²) < 4.78 is 0. The third kappa shape index (κ3) is 2.84. The maximum atomic E-state index is 12.5. The Balaban J connectivity index is 1.66. The maximum absolute atomic E-state index is 12.5. The molecule has 0 radical (unpaired) electrons. The molecular weight excluding hydrogens is 350 g/mol. The Hall–Kier alpha value is -3.45. The Morgan fingerprint density at radius 1 is 1.08 bits per heavy atom. The van der Waals surface area contributed by atoms with Crippen LogP contribution < -0.4 is 10.9 Å². The van der Waals surface area contributed by atoms with Crippen molar-refractivity contribution in [2.45, 2.75) is 0 Å². The van der Waals surface area contributed by atoms with E-state index < -0.39 is 11.5 Å². The van der Waals surface area contributed by atoms with Gasteiger partial charge in [-0.15, -0.1) is 11.3 Å². The van der Waals surface area contributed by atoms with Crippen molar-refractivity contribution < 1.29 is 9.90 Å². The number of pyridine rings is 1. The first-order valence-electron chi connectivity index (χ1n) is 7.80. The Morgan fingerprint density at radius 2 is 1.81 bits per heavy atom. The van der Waals surface area contributed by atoms with Crippen molar-refractivity contribution in [1.82, 2.24) is 9.97 Å². The number of carbonyl (C=O) groups is 1. The summed E-state index contributed by atoms with van der Waals surface area (Å²) in [6, 6.07) is 16.3. The molecule has 3 N–H and O–H groups in total. The van der Waals surface area contributed by atoms with Crippen LogP contribution in [-0.2, 0) is 0 Å². The molecule has 0 fully saturated rings. The fourth-order valence-electron chi connectivity index (χ4n) is 2.67. The van der Waals surface area contributed by atoms with Crippen LogP contribution in [-0.4, -0.2) is 21.0 Å². The molecule has 0 aliphatic heterocycles. The van der Waals surface area contributed by atoms with Gasteiger partial charge in [-0.1, -0.05) is 42.5 Å². The van der Waals surface area contributed by atoms with Gasteiger partial charge in [0.15, 0.2) is 5.13 Å². The van der Waals surface area contributed by atoms with E-state index in [0.29, 0.717) is 16.0 Å². The predicted molar refractivity (Wildman–Crippen MR) is 102 cm³/mol. The van der Waals surface area contributed by atoms with E-state index in [2.05, 4.69) is 15.3 Å². The topological polar surface area (TPSA) is 95.1 Å². The molecule has 0 spiro atoms. The van der Waals surface area contributed by atoms with E-state index in [1.165, 1.54) is 11.3 Å². The number of hydrogen-bond donors (Lipinski definition) is 3. The summed E-state index contributed by atoms with van der Waals surface area (Å²) in [7, 11) is 0. The highest BCUT2D eigenvalue weighted by Crippen LogP contribution is 2.27. The number of para-hydroxylation sites is 1. The number of thiazole rings is 1. The molecule has 0 saturated heterocycles. The molecule has 0 unspecified atom stereocenters. The monoisotopic (exact) mass is 363 g/mol. The Morgan fingerprint density at radius 3 is 2.62 bits per heavy atom. The lowest BCUT2D eigenvalue weighted by atomic mass is 10.1. The molecular formula is C19H13N3O3S. The molecule has 2 heterocycles. The molecule has 0 aliphatic carbocycles. The second-order valence-electron chi connectivity index (χ2n) is 5.58. The number of hydrogen-bond acceptors (Lipinski definition) is 5. The van der Waals surface area contributed by atoms with Gasteiger partial charge < -0.3 is 10.1 Å². The lowest BCUT2D eigenvalue weighted by molar-refractivity contribution is 0.102. The Labute approximate surface area is 151 Å². The number of fused-ring (bicyclic) bond motifs is 1. The second-order valence-corrected chi connectivity index (χ2v) is 6.44. The summed E-state index contributed by atoms with van der Waals surface area (Å²) in [5.41, 5.74) is 1.13. The number of carbonyl (C=O) groups excluding carboxylic acids is 1. The fraction of sp³-hybridized carbons (Fsp3) is 0. The third-order valence-corrected chi connectivity index (χ3v) is 4.67. The zero-order valence-corrected chi connectivity index (χ0v) is 14.2. The number of amides is 1. The molecule has 26 heavy (non-hydrogen) atoms. The van der Waals surface area contributed by atoms with Gasteiger partial charge in [-0.2, -0.15) is 0 Å². The minimum absolute atomic E-state index is 0.333. The van der Waals surface area contributed by atoms with E-state index in [1.54, 1.807) is 24.3 Å². The van der Waals surface area contributed by atoms with Crippen molar-refractivity contribution in [3.8, 4) is 17.0 Å². The number of benzene rings is 2. The number of aromatic hydroxyl groups is 1. The molecule has 4 rings (SSSR count). The molecule has 7 heteroatoms. The number of H-pyrrole nitrogens is 1. The summed E-state index contributed by atoms with van der Waals surface area (Å²) in [4.78, 5) is 31.7. The van der Waals surface area contributed by atoms with Gasteiger partial charge in [0.25, 0.3) is 11.5 Å². The Bertz CT molecular complexity index is 1170. The van der Waals surface area contributed by atoms with Crippen molar-refractivity contribution >= 4 is 33.3 Å². The molecule has 0 saturated carbocycles. The summed E-state index contributed by atoms with van der Waals surface area (Å²) in [5, 5.41) is 15.5. The van der Waals surface area contributed by atoms with Crippen molar-refractivity contribution in [1.29, 1.82) is 0 Å². The summed E-state index contributed by atoms with van der Waals surface area (Å²) in [5.74, 6) is -1.05. The first-order chi connectivity index (χ1) is 12.6. The molecule has 4 aromatic rings. The van der Waals surface area contributed by atoms with Crippen LogP contribution in [0.15, 0.2) is 64.8 Å². The predicted octanol–water partition coefficient (Wildman–Crippen LogP) is 3.61. The van der Waals surface area contributed by atoms with Crippen LogP contribution in [0.25, 0.3) is 22.2 Å². The van der Waals surface area contributed by atoms with Crippen LogP contribution in [0, 0.1) is 0 Å². The quantitative estimate of drug-likeness (QED) is 0.518. The van der Waals surface area contributed by atoms with Crippen LogP contribution in [0.1, 0.15) is 10.4 Å². The van der Waals surface area contributed by atoms with Gasteiger partial charge in [0.1, 0.15) is 11.3 Å². The van der Waals surface area contributed by atoms with Gasteiger partial charge in [0, 0.05) is 16.3 Å². The van der Waals surface area contributed by atoms with Gasteiger partial charge in [0.2, 0.25) is 0 Å². The molecule has 1 amide bonds. The average Bonchev–Trinajstić information content (AvgIpc) is 3.11. The summed E-state index contributed by atoms with van der Waals surface area (Å²) >= 11 is 1.25. The normalized spacial score (nSPS) is 10.8. The Kier molecular flexibility index (Phi) is 3.98. The van der Waals surface area contributed by atoms with Crippen molar-refractivity contribution in [3.05, 3.63) is 75.9 Å². The van der Waals surface area contributed by atoms with E-state index in [0.717, 1.165) is 11.3 Å². The van der Waals surface area contributed by atoms with Crippen molar-refractivity contribution in [3.63, 3.8) is 0 Å².